The molecule has 0 aromatic heterocycles. The van der Waals surface area contributed by atoms with Crippen molar-refractivity contribution in [2.24, 2.45) is 0 Å². The van der Waals surface area contributed by atoms with Crippen LogP contribution in [0.4, 0.5) is 15.8 Å². The van der Waals surface area contributed by atoms with Crippen molar-refractivity contribution >= 4 is 11.4 Å². The van der Waals surface area contributed by atoms with Gasteiger partial charge in [-0.1, -0.05) is 12.1 Å². The summed E-state index contributed by atoms with van der Waals surface area (Å²) >= 11 is 0. The number of ether oxygens (including phenoxy) is 1. The Morgan fingerprint density at radius 3 is 2.35 bits per heavy atom. The summed E-state index contributed by atoms with van der Waals surface area (Å²) in [5.74, 6) is 0.692. The molecule has 2 N–H and O–H groups in total. The van der Waals surface area contributed by atoms with E-state index in [0.717, 1.165) is 44.2 Å². The predicted molar refractivity (Wildman–Crippen MR) is 91.4 cm³/mol. The average molecular weight is 315 g/mol. The first-order valence-electron chi connectivity index (χ1n) is 7.92. The van der Waals surface area contributed by atoms with Crippen molar-refractivity contribution in [2.75, 3.05) is 50.0 Å². The van der Waals surface area contributed by atoms with Gasteiger partial charge in [0.1, 0.15) is 18.2 Å². The van der Waals surface area contributed by atoms with E-state index in [0.29, 0.717) is 12.3 Å². The highest BCUT2D eigenvalue weighted by Crippen LogP contribution is 2.20. The lowest BCUT2D eigenvalue weighted by Crippen LogP contribution is -2.47. The first-order valence-corrected chi connectivity index (χ1v) is 7.92. The Kier molecular flexibility index (Phi) is 4.98. The zero-order valence-electron chi connectivity index (χ0n) is 13.1. The van der Waals surface area contributed by atoms with Crippen molar-refractivity contribution in [3.05, 3.63) is 54.3 Å². The van der Waals surface area contributed by atoms with E-state index < -0.39 is 0 Å². The molecule has 0 saturated carbocycles. The first-order chi connectivity index (χ1) is 11.2. The fourth-order valence-corrected chi connectivity index (χ4v) is 2.78. The van der Waals surface area contributed by atoms with Crippen molar-refractivity contribution in [3.63, 3.8) is 0 Å². The van der Waals surface area contributed by atoms with E-state index in [-0.39, 0.29) is 5.82 Å². The Morgan fingerprint density at radius 2 is 1.65 bits per heavy atom. The maximum atomic E-state index is 13.8. The lowest BCUT2D eigenvalue weighted by atomic mass is 10.2. The van der Waals surface area contributed by atoms with E-state index in [2.05, 4.69) is 9.80 Å². The van der Waals surface area contributed by atoms with Gasteiger partial charge < -0.3 is 15.4 Å². The zero-order valence-corrected chi connectivity index (χ0v) is 13.1. The van der Waals surface area contributed by atoms with Gasteiger partial charge in [0.05, 0.1) is 5.69 Å². The smallest absolute Gasteiger partial charge is 0.146 e. The molecule has 0 unspecified atom stereocenters. The second kappa shape index (κ2) is 7.33. The van der Waals surface area contributed by atoms with Crippen LogP contribution in [0.1, 0.15) is 0 Å². The number of piperazine rings is 1. The fraction of sp³-hybridized carbons (Fsp3) is 0.333. The summed E-state index contributed by atoms with van der Waals surface area (Å²) in [5.41, 5.74) is 7.09. The van der Waals surface area contributed by atoms with Crippen LogP contribution in [0.15, 0.2) is 48.5 Å². The quantitative estimate of drug-likeness (QED) is 0.861. The molecule has 0 spiro atoms. The van der Waals surface area contributed by atoms with E-state index in [4.69, 9.17) is 10.5 Å². The molecule has 0 bridgehead atoms. The van der Waals surface area contributed by atoms with Crippen LogP contribution < -0.4 is 15.4 Å². The molecule has 0 atom stereocenters. The number of para-hydroxylation sites is 1. The minimum Gasteiger partial charge on any atom is -0.492 e. The minimum absolute atomic E-state index is 0.146. The van der Waals surface area contributed by atoms with Crippen molar-refractivity contribution in [3.8, 4) is 5.75 Å². The number of nitrogen functional groups attached to an aromatic ring is 1. The first kappa shape index (κ1) is 15.6. The molecule has 122 valence electrons. The van der Waals surface area contributed by atoms with E-state index in [1.165, 1.54) is 6.07 Å². The van der Waals surface area contributed by atoms with Crippen LogP contribution in [0.5, 0.6) is 5.75 Å². The Bertz CT molecular complexity index is 624. The average Bonchev–Trinajstić information content (AvgIpc) is 2.58. The van der Waals surface area contributed by atoms with Gasteiger partial charge in [-0.25, -0.2) is 4.39 Å². The van der Waals surface area contributed by atoms with Crippen LogP contribution in [0.3, 0.4) is 0 Å². The highest BCUT2D eigenvalue weighted by molar-refractivity contribution is 5.48. The lowest BCUT2D eigenvalue weighted by molar-refractivity contribution is 0.200. The van der Waals surface area contributed by atoms with Gasteiger partial charge in [-0.2, -0.15) is 0 Å². The highest BCUT2D eigenvalue weighted by Gasteiger charge is 2.18. The number of benzene rings is 2. The summed E-state index contributed by atoms with van der Waals surface area (Å²) in [7, 11) is 0. The SMILES string of the molecule is Nc1ccc(OCCN2CCN(c3ccccc3F)CC2)cc1. The molecule has 1 heterocycles. The van der Waals surface area contributed by atoms with Gasteiger partial charge in [-0.3, -0.25) is 4.90 Å². The summed E-state index contributed by atoms with van der Waals surface area (Å²) in [6, 6.07) is 14.4. The molecule has 4 nitrogen and oxygen atoms in total. The molecule has 1 saturated heterocycles. The molecule has 1 fully saturated rings. The molecule has 0 aliphatic carbocycles. The standard InChI is InChI=1S/C18H22FN3O/c19-17-3-1-2-4-18(17)22-11-9-21(10-12-22)13-14-23-16-7-5-15(20)6-8-16/h1-8H,9-14,20H2. The third kappa shape index (κ3) is 4.13. The summed E-state index contributed by atoms with van der Waals surface area (Å²) in [5, 5.41) is 0. The number of hydrogen-bond donors (Lipinski definition) is 1. The normalized spacial score (nSPS) is 15.6. The number of rotatable bonds is 5. The number of halogens is 1. The second-order valence-electron chi connectivity index (χ2n) is 5.70. The van der Waals surface area contributed by atoms with Crippen LogP contribution >= 0.6 is 0 Å². The van der Waals surface area contributed by atoms with Crippen LogP contribution in [0.25, 0.3) is 0 Å². The minimum atomic E-state index is -0.146. The van der Waals surface area contributed by atoms with Gasteiger partial charge in [-0.05, 0) is 36.4 Å². The monoisotopic (exact) mass is 315 g/mol. The Hall–Kier alpha value is -2.27. The van der Waals surface area contributed by atoms with Gasteiger partial charge >= 0.3 is 0 Å². The molecule has 5 heteroatoms. The summed E-state index contributed by atoms with van der Waals surface area (Å²) in [6.07, 6.45) is 0. The third-order valence-electron chi connectivity index (χ3n) is 4.12. The van der Waals surface area contributed by atoms with Gasteiger partial charge in [-0.15, -0.1) is 0 Å². The number of nitrogens with zero attached hydrogens (tertiary/aromatic N) is 2. The summed E-state index contributed by atoms with van der Waals surface area (Å²) in [4.78, 5) is 4.45. The topological polar surface area (TPSA) is 41.7 Å². The van der Waals surface area contributed by atoms with E-state index in [9.17, 15) is 4.39 Å². The van der Waals surface area contributed by atoms with E-state index in [1.807, 2.05) is 36.4 Å². The largest absolute Gasteiger partial charge is 0.492 e. The highest BCUT2D eigenvalue weighted by atomic mass is 19.1. The van der Waals surface area contributed by atoms with E-state index in [1.54, 1.807) is 6.07 Å². The summed E-state index contributed by atoms with van der Waals surface area (Å²) < 4.78 is 19.5. The molecule has 1 aliphatic rings. The lowest BCUT2D eigenvalue weighted by Gasteiger charge is -2.36. The van der Waals surface area contributed by atoms with Crippen molar-refractivity contribution < 1.29 is 9.13 Å². The van der Waals surface area contributed by atoms with Gasteiger partial charge in [0.2, 0.25) is 0 Å². The van der Waals surface area contributed by atoms with Crippen LogP contribution in [0, 0.1) is 5.82 Å². The summed E-state index contributed by atoms with van der Waals surface area (Å²) in [6.45, 7) is 5.02. The molecule has 3 rings (SSSR count). The molecule has 2 aromatic carbocycles. The van der Waals surface area contributed by atoms with Crippen molar-refractivity contribution in [1.29, 1.82) is 0 Å². The van der Waals surface area contributed by atoms with Crippen LogP contribution in [0.2, 0.25) is 0 Å². The van der Waals surface area contributed by atoms with Crippen molar-refractivity contribution in [1.82, 2.24) is 4.90 Å². The maximum Gasteiger partial charge on any atom is 0.146 e. The number of hydrogen-bond acceptors (Lipinski definition) is 4. The predicted octanol–water partition coefficient (Wildman–Crippen LogP) is 2.61. The van der Waals surface area contributed by atoms with Gasteiger partial charge in [0.25, 0.3) is 0 Å². The second-order valence-corrected chi connectivity index (χ2v) is 5.70. The molecule has 23 heavy (non-hydrogen) atoms. The maximum absolute atomic E-state index is 13.8. The van der Waals surface area contributed by atoms with Crippen LogP contribution in [-0.4, -0.2) is 44.2 Å². The Labute approximate surface area is 136 Å². The Balaban J connectivity index is 1.43. The van der Waals surface area contributed by atoms with Crippen molar-refractivity contribution in [2.45, 2.75) is 0 Å². The molecule has 1 aliphatic heterocycles. The molecular formula is C18H22FN3O. The number of anilines is 2. The van der Waals surface area contributed by atoms with E-state index >= 15 is 0 Å². The third-order valence-corrected chi connectivity index (χ3v) is 4.12. The van der Waals surface area contributed by atoms with Gasteiger partial charge in [0.15, 0.2) is 0 Å². The molecule has 0 radical (unpaired) electrons. The molecule has 0 amide bonds. The molecule has 2 aromatic rings. The number of nitrogens with two attached hydrogens (primary N) is 1. The fourth-order valence-electron chi connectivity index (χ4n) is 2.78. The zero-order chi connectivity index (χ0) is 16.1. The van der Waals surface area contributed by atoms with Gasteiger partial charge in [0, 0.05) is 38.4 Å². The Morgan fingerprint density at radius 1 is 0.957 bits per heavy atom. The molecular weight excluding hydrogens is 293 g/mol. The van der Waals surface area contributed by atoms with Crippen LogP contribution in [-0.2, 0) is 0 Å².